The van der Waals surface area contributed by atoms with Gasteiger partial charge in [-0.25, -0.2) is 4.39 Å². The van der Waals surface area contributed by atoms with Gasteiger partial charge in [0.15, 0.2) is 0 Å². The van der Waals surface area contributed by atoms with Crippen LogP contribution in [0.1, 0.15) is 18.4 Å². The molecule has 1 fully saturated rings. The number of likely N-dealkylation sites (N-methyl/N-ethyl adjacent to an activating group) is 1. The first-order chi connectivity index (χ1) is 8.15. The third kappa shape index (κ3) is 3.76. The maximum atomic E-state index is 12.9. The average molecular weight is 301 g/mol. The van der Waals surface area contributed by atoms with Crippen LogP contribution in [-0.4, -0.2) is 31.1 Å². The second-order valence-electron chi connectivity index (χ2n) is 4.72. The lowest BCUT2D eigenvalue weighted by atomic mass is 10.1. The highest BCUT2D eigenvalue weighted by molar-refractivity contribution is 9.10. The maximum absolute atomic E-state index is 12.9. The van der Waals surface area contributed by atoms with Crippen LogP contribution in [0.4, 0.5) is 4.39 Å². The fourth-order valence-corrected chi connectivity index (χ4v) is 2.74. The molecule has 0 aromatic heterocycles. The van der Waals surface area contributed by atoms with Crippen LogP contribution in [0.25, 0.3) is 0 Å². The fourth-order valence-electron chi connectivity index (χ4n) is 2.25. The molecule has 1 aliphatic rings. The number of piperidine rings is 1. The Morgan fingerprint density at radius 1 is 1.53 bits per heavy atom. The molecular weight excluding hydrogens is 283 g/mol. The quantitative estimate of drug-likeness (QED) is 0.923. The van der Waals surface area contributed by atoms with Crippen molar-refractivity contribution >= 4 is 15.9 Å². The number of benzene rings is 1. The monoisotopic (exact) mass is 300 g/mol. The van der Waals surface area contributed by atoms with Crippen molar-refractivity contribution in [2.75, 3.05) is 20.1 Å². The van der Waals surface area contributed by atoms with E-state index in [4.69, 9.17) is 0 Å². The summed E-state index contributed by atoms with van der Waals surface area (Å²) in [7, 11) is 2.15. The predicted molar refractivity (Wildman–Crippen MR) is 71.5 cm³/mol. The largest absolute Gasteiger partial charge is 0.309 e. The molecule has 1 aromatic rings. The van der Waals surface area contributed by atoms with E-state index in [2.05, 4.69) is 33.2 Å². The third-order valence-corrected chi connectivity index (χ3v) is 3.96. The maximum Gasteiger partial charge on any atom is 0.124 e. The topological polar surface area (TPSA) is 15.3 Å². The summed E-state index contributed by atoms with van der Waals surface area (Å²) < 4.78 is 13.8. The molecule has 0 saturated carbocycles. The molecule has 0 bridgehead atoms. The summed E-state index contributed by atoms with van der Waals surface area (Å²) in [6, 6.07) is 5.41. The average Bonchev–Trinajstić information content (AvgIpc) is 2.28. The number of likely N-dealkylation sites (tertiary alicyclic amines) is 1. The molecule has 0 radical (unpaired) electrons. The van der Waals surface area contributed by atoms with Gasteiger partial charge in [-0.1, -0.05) is 22.0 Å². The highest BCUT2D eigenvalue weighted by Crippen LogP contribution is 2.18. The van der Waals surface area contributed by atoms with Gasteiger partial charge in [-0.15, -0.1) is 0 Å². The molecule has 1 aromatic carbocycles. The summed E-state index contributed by atoms with van der Waals surface area (Å²) >= 11 is 3.39. The molecule has 0 spiro atoms. The molecule has 1 heterocycles. The molecular formula is C13H18BrFN2. The smallest absolute Gasteiger partial charge is 0.124 e. The summed E-state index contributed by atoms with van der Waals surface area (Å²) in [5.41, 5.74) is 1.11. The molecule has 1 aliphatic heterocycles. The first-order valence-electron chi connectivity index (χ1n) is 6.01. The van der Waals surface area contributed by atoms with Gasteiger partial charge in [-0.3, -0.25) is 0 Å². The van der Waals surface area contributed by atoms with Gasteiger partial charge in [0.25, 0.3) is 0 Å². The second kappa shape index (κ2) is 5.94. The van der Waals surface area contributed by atoms with Crippen LogP contribution in [0.3, 0.4) is 0 Å². The van der Waals surface area contributed by atoms with E-state index in [1.54, 1.807) is 0 Å². The minimum Gasteiger partial charge on any atom is -0.309 e. The Morgan fingerprint density at radius 3 is 3.06 bits per heavy atom. The number of hydrogen-bond acceptors (Lipinski definition) is 2. The Kier molecular flexibility index (Phi) is 4.54. The Hall–Kier alpha value is -0.450. The van der Waals surface area contributed by atoms with Crippen molar-refractivity contribution in [1.29, 1.82) is 0 Å². The van der Waals surface area contributed by atoms with Crippen molar-refractivity contribution in [1.82, 2.24) is 10.2 Å². The van der Waals surface area contributed by atoms with Crippen molar-refractivity contribution in [2.24, 2.45) is 0 Å². The first kappa shape index (κ1) is 13.0. The molecule has 2 rings (SSSR count). The van der Waals surface area contributed by atoms with E-state index >= 15 is 0 Å². The highest BCUT2D eigenvalue weighted by Gasteiger charge is 2.16. The lowest BCUT2D eigenvalue weighted by Crippen LogP contribution is -2.43. The standard InChI is InChI=1S/C13H18BrFN2/c1-17-6-2-3-12(9-17)16-8-10-4-5-11(15)7-13(10)14/h4-5,7,12,16H,2-3,6,8-9H2,1H3. The molecule has 2 nitrogen and oxygen atoms in total. The molecule has 1 N–H and O–H groups in total. The van der Waals surface area contributed by atoms with Crippen molar-refractivity contribution in [3.8, 4) is 0 Å². The molecule has 1 atom stereocenters. The normalized spacial score (nSPS) is 21.7. The SMILES string of the molecule is CN1CCCC(NCc2ccc(F)cc2Br)C1. The van der Waals surface area contributed by atoms with Gasteiger partial charge in [0.05, 0.1) is 0 Å². The van der Waals surface area contributed by atoms with E-state index in [0.717, 1.165) is 23.1 Å². The summed E-state index contributed by atoms with van der Waals surface area (Å²) in [5.74, 6) is -0.196. The van der Waals surface area contributed by atoms with Crippen LogP contribution in [0.2, 0.25) is 0 Å². The number of rotatable bonds is 3. The van der Waals surface area contributed by atoms with Gasteiger partial charge in [0.2, 0.25) is 0 Å². The van der Waals surface area contributed by atoms with Crippen LogP contribution in [0.5, 0.6) is 0 Å². The van der Waals surface area contributed by atoms with E-state index in [1.165, 1.54) is 31.5 Å². The number of nitrogens with one attached hydrogen (secondary N) is 1. The Morgan fingerprint density at radius 2 is 2.35 bits per heavy atom. The zero-order chi connectivity index (χ0) is 12.3. The fraction of sp³-hybridized carbons (Fsp3) is 0.538. The Balaban J connectivity index is 1.88. The molecule has 17 heavy (non-hydrogen) atoms. The zero-order valence-electron chi connectivity index (χ0n) is 10.0. The number of halogens is 2. The van der Waals surface area contributed by atoms with Crippen molar-refractivity contribution in [3.05, 3.63) is 34.1 Å². The van der Waals surface area contributed by atoms with E-state index in [-0.39, 0.29) is 5.82 Å². The summed E-state index contributed by atoms with van der Waals surface area (Å²) in [6.45, 7) is 3.08. The van der Waals surface area contributed by atoms with Crippen LogP contribution in [0, 0.1) is 5.82 Å². The van der Waals surface area contributed by atoms with Crippen LogP contribution < -0.4 is 5.32 Å². The molecule has 94 valence electrons. The molecule has 1 unspecified atom stereocenters. The highest BCUT2D eigenvalue weighted by atomic mass is 79.9. The van der Waals surface area contributed by atoms with Crippen molar-refractivity contribution in [2.45, 2.75) is 25.4 Å². The van der Waals surface area contributed by atoms with Gasteiger partial charge in [0, 0.05) is 23.6 Å². The van der Waals surface area contributed by atoms with Gasteiger partial charge in [0.1, 0.15) is 5.82 Å². The lowest BCUT2D eigenvalue weighted by molar-refractivity contribution is 0.226. The molecule has 1 saturated heterocycles. The molecule has 0 aliphatic carbocycles. The summed E-state index contributed by atoms with van der Waals surface area (Å²) in [4.78, 5) is 2.35. The van der Waals surface area contributed by atoms with Crippen molar-refractivity contribution < 1.29 is 4.39 Å². The van der Waals surface area contributed by atoms with Gasteiger partial charge >= 0.3 is 0 Å². The minimum atomic E-state index is -0.196. The third-order valence-electron chi connectivity index (χ3n) is 3.22. The Bertz CT molecular complexity index is 384. The van der Waals surface area contributed by atoms with Gasteiger partial charge in [-0.2, -0.15) is 0 Å². The second-order valence-corrected chi connectivity index (χ2v) is 5.57. The van der Waals surface area contributed by atoms with Crippen LogP contribution in [-0.2, 0) is 6.54 Å². The van der Waals surface area contributed by atoms with Gasteiger partial charge < -0.3 is 10.2 Å². The zero-order valence-corrected chi connectivity index (χ0v) is 11.6. The van der Waals surface area contributed by atoms with Crippen LogP contribution in [0.15, 0.2) is 22.7 Å². The van der Waals surface area contributed by atoms with E-state index < -0.39 is 0 Å². The van der Waals surface area contributed by atoms with Gasteiger partial charge in [-0.05, 0) is 44.1 Å². The molecule has 0 amide bonds. The number of hydrogen-bond donors (Lipinski definition) is 1. The van der Waals surface area contributed by atoms with Crippen LogP contribution >= 0.6 is 15.9 Å². The lowest BCUT2D eigenvalue weighted by Gasteiger charge is -2.30. The Labute approximate surface area is 110 Å². The molecule has 4 heteroatoms. The summed E-state index contributed by atoms with van der Waals surface area (Å²) in [6.07, 6.45) is 2.47. The van der Waals surface area contributed by atoms with E-state index in [1.807, 2.05) is 6.07 Å². The van der Waals surface area contributed by atoms with Crippen molar-refractivity contribution in [3.63, 3.8) is 0 Å². The van der Waals surface area contributed by atoms with E-state index in [9.17, 15) is 4.39 Å². The van der Waals surface area contributed by atoms with E-state index in [0.29, 0.717) is 6.04 Å². The summed E-state index contributed by atoms with van der Waals surface area (Å²) in [5, 5.41) is 3.53. The first-order valence-corrected chi connectivity index (χ1v) is 6.80. The number of nitrogens with zero attached hydrogens (tertiary/aromatic N) is 1. The predicted octanol–water partition coefficient (Wildman–Crippen LogP) is 2.77. The minimum absolute atomic E-state index is 0.196.